The average molecular weight is 331 g/mol. The number of fused-ring (bicyclic) bond motifs is 1. The van der Waals surface area contributed by atoms with Gasteiger partial charge in [-0.15, -0.1) is 0 Å². The number of rotatable bonds is 2. The molecule has 1 aliphatic heterocycles. The predicted octanol–water partition coefficient (Wildman–Crippen LogP) is 3.26. The molecule has 0 spiro atoms. The normalized spacial score (nSPS) is 13.3. The Bertz CT molecular complexity index is 804. The van der Waals surface area contributed by atoms with Gasteiger partial charge in [-0.3, -0.25) is 9.59 Å². The van der Waals surface area contributed by atoms with Gasteiger partial charge in [-0.2, -0.15) is 0 Å². The summed E-state index contributed by atoms with van der Waals surface area (Å²) >= 11 is 6.06. The standard InChI is InChI=1S/C17H15ClN2O3/c1-10-3-5-12(8-13(10)18)19-17(22)11-4-6-15-14(7-11)20(2)16(21)9-23-15/h3-8H,9H2,1-2H3,(H,19,22). The average Bonchev–Trinajstić information content (AvgIpc) is 2.54. The molecule has 0 saturated carbocycles. The monoisotopic (exact) mass is 330 g/mol. The van der Waals surface area contributed by atoms with E-state index in [1.54, 1.807) is 37.4 Å². The lowest BCUT2D eigenvalue weighted by Gasteiger charge is -2.26. The van der Waals surface area contributed by atoms with Crippen LogP contribution < -0.4 is 15.0 Å². The van der Waals surface area contributed by atoms with Gasteiger partial charge in [0.1, 0.15) is 5.75 Å². The summed E-state index contributed by atoms with van der Waals surface area (Å²) in [4.78, 5) is 25.6. The largest absolute Gasteiger partial charge is 0.482 e. The fourth-order valence-corrected chi connectivity index (χ4v) is 2.47. The van der Waals surface area contributed by atoms with Gasteiger partial charge < -0.3 is 15.0 Å². The van der Waals surface area contributed by atoms with Crippen molar-refractivity contribution in [1.82, 2.24) is 0 Å². The lowest BCUT2D eigenvalue weighted by molar-refractivity contribution is -0.120. The minimum absolute atomic E-state index is 0.0108. The van der Waals surface area contributed by atoms with Crippen molar-refractivity contribution in [1.29, 1.82) is 0 Å². The molecule has 6 heteroatoms. The Hall–Kier alpha value is -2.53. The van der Waals surface area contributed by atoms with E-state index in [-0.39, 0.29) is 18.4 Å². The van der Waals surface area contributed by atoms with Crippen LogP contribution in [0.15, 0.2) is 36.4 Å². The van der Waals surface area contributed by atoms with Gasteiger partial charge in [-0.05, 0) is 42.8 Å². The molecule has 2 aromatic carbocycles. The fraction of sp³-hybridized carbons (Fsp3) is 0.176. The molecule has 3 rings (SSSR count). The predicted molar refractivity (Wildman–Crippen MR) is 89.5 cm³/mol. The Kier molecular flexibility index (Phi) is 3.96. The summed E-state index contributed by atoms with van der Waals surface area (Å²) in [5, 5.41) is 3.38. The highest BCUT2D eigenvalue weighted by Crippen LogP contribution is 2.32. The van der Waals surface area contributed by atoms with Crippen LogP contribution in [-0.4, -0.2) is 25.5 Å². The topological polar surface area (TPSA) is 58.6 Å². The molecule has 23 heavy (non-hydrogen) atoms. The van der Waals surface area contributed by atoms with Gasteiger partial charge in [0.05, 0.1) is 5.69 Å². The van der Waals surface area contributed by atoms with E-state index in [0.29, 0.717) is 27.7 Å². The van der Waals surface area contributed by atoms with Crippen molar-refractivity contribution in [3.05, 3.63) is 52.5 Å². The number of hydrogen-bond donors (Lipinski definition) is 1. The number of anilines is 2. The van der Waals surface area contributed by atoms with Crippen molar-refractivity contribution < 1.29 is 14.3 Å². The van der Waals surface area contributed by atoms with E-state index >= 15 is 0 Å². The Morgan fingerprint density at radius 2 is 2.04 bits per heavy atom. The number of aryl methyl sites for hydroxylation is 1. The molecule has 0 bridgehead atoms. The zero-order chi connectivity index (χ0) is 16.6. The molecule has 5 nitrogen and oxygen atoms in total. The molecular formula is C17H15ClN2O3. The van der Waals surface area contributed by atoms with Crippen molar-refractivity contribution in [2.75, 3.05) is 23.9 Å². The third-order valence-corrected chi connectivity index (χ3v) is 4.14. The SMILES string of the molecule is Cc1ccc(NC(=O)c2ccc3c(c2)N(C)C(=O)CO3)cc1Cl. The van der Waals surface area contributed by atoms with Gasteiger partial charge in [0.15, 0.2) is 6.61 Å². The highest BCUT2D eigenvalue weighted by molar-refractivity contribution is 6.31. The van der Waals surface area contributed by atoms with E-state index in [0.717, 1.165) is 5.56 Å². The van der Waals surface area contributed by atoms with Crippen LogP contribution in [0.25, 0.3) is 0 Å². The highest BCUT2D eigenvalue weighted by Gasteiger charge is 2.23. The van der Waals surface area contributed by atoms with Crippen LogP contribution >= 0.6 is 11.6 Å². The van der Waals surface area contributed by atoms with E-state index in [2.05, 4.69) is 5.32 Å². The fourth-order valence-electron chi connectivity index (χ4n) is 2.29. The quantitative estimate of drug-likeness (QED) is 0.919. The molecule has 0 atom stereocenters. The molecule has 0 fully saturated rings. The minimum Gasteiger partial charge on any atom is -0.482 e. The number of likely N-dealkylation sites (N-methyl/N-ethyl adjacent to an activating group) is 1. The first-order valence-corrected chi connectivity index (χ1v) is 7.44. The summed E-state index contributed by atoms with van der Waals surface area (Å²) < 4.78 is 5.35. The zero-order valence-electron chi connectivity index (χ0n) is 12.7. The Balaban J connectivity index is 1.85. The summed E-state index contributed by atoms with van der Waals surface area (Å²) in [7, 11) is 1.66. The van der Waals surface area contributed by atoms with Crippen LogP contribution in [-0.2, 0) is 4.79 Å². The summed E-state index contributed by atoms with van der Waals surface area (Å²) in [5.41, 5.74) is 2.57. The van der Waals surface area contributed by atoms with E-state index < -0.39 is 0 Å². The number of ether oxygens (including phenoxy) is 1. The van der Waals surface area contributed by atoms with Crippen LogP contribution in [0.1, 0.15) is 15.9 Å². The second-order valence-electron chi connectivity index (χ2n) is 5.34. The van der Waals surface area contributed by atoms with Crippen molar-refractivity contribution in [2.45, 2.75) is 6.92 Å². The summed E-state index contributed by atoms with van der Waals surface area (Å²) in [6, 6.07) is 10.3. The maximum Gasteiger partial charge on any atom is 0.264 e. The maximum absolute atomic E-state index is 12.4. The first-order valence-electron chi connectivity index (χ1n) is 7.06. The summed E-state index contributed by atoms with van der Waals surface area (Å²) in [5.74, 6) is 0.154. The van der Waals surface area contributed by atoms with Crippen LogP contribution in [0.5, 0.6) is 5.75 Å². The first-order chi connectivity index (χ1) is 11.0. The van der Waals surface area contributed by atoms with Gasteiger partial charge >= 0.3 is 0 Å². The van der Waals surface area contributed by atoms with Crippen molar-refractivity contribution >= 4 is 34.8 Å². The third-order valence-electron chi connectivity index (χ3n) is 3.74. The van der Waals surface area contributed by atoms with Gasteiger partial charge in [-0.1, -0.05) is 17.7 Å². The second-order valence-corrected chi connectivity index (χ2v) is 5.75. The molecule has 0 aromatic heterocycles. The van der Waals surface area contributed by atoms with Gasteiger partial charge in [0.2, 0.25) is 0 Å². The van der Waals surface area contributed by atoms with Crippen molar-refractivity contribution in [2.24, 2.45) is 0 Å². The number of amides is 2. The molecular weight excluding hydrogens is 316 g/mol. The smallest absolute Gasteiger partial charge is 0.264 e. The number of nitrogens with one attached hydrogen (secondary N) is 1. The van der Waals surface area contributed by atoms with Crippen LogP contribution in [0.4, 0.5) is 11.4 Å². The third kappa shape index (κ3) is 3.00. The molecule has 0 unspecified atom stereocenters. The minimum atomic E-state index is -0.279. The molecule has 1 N–H and O–H groups in total. The van der Waals surface area contributed by atoms with Gasteiger partial charge in [0.25, 0.3) is 11.8 Å². The number of carbonyl (C=O) groups is 2. The Morgan fingerprint density at radius 3 is 2.78 bits per heavy atom. The van der Waals surface area contributed by atoms with Crippen LogP contribution in [0.2, 0.25) is 5.02 Å². The molecule has 2 amide bonds. The Labute approximate surface area is 138 Å². The van der Waals surface area contributed by atoms with Gasteiger partial charge in [-0.25, -0.2) is 0 Å². The molecule has 0 radical (unpaired) electrons. The zero-order valence-corrected chi connectivity index (χ0v) is 13.5. The lowest BCUT2D eigenvalue weighted by Crippen LogP contribution is -2.35. The van der Waals surface area contributed by atoms with Crippen LogP contribution in [0, 0.1) is 6.92 Å². The second kappa shape index (κ2) is 5.93. The first kappa shape index (κ1) is 15.4. The molecule has 0 saturated heterocycles. The molecule has 1 heterocycles. The number of carbonyl (C=O) groups excluding carboxylic acids is 2. The van der Waals surface area contributed by atoms with E-state index in [4.69, 9.17) is 16.3 Å². The highest BCUT2D eigenvalue weighted by atomic mass is 35.5. The van der Waals surface area contributed by atoms with E-state index in [1.165, 1.54) is 4.90 Å². The summed E-state index contributed by atoms with van der Waals surface area (Å²) in [6.07, 6.45) is 0. The number of hydrogen-bond acceptors (Lipinski definition) is 3. The van der Waals surface area contributed by atoms with Crippen molar-refractivity contribution in [3.8, 4) is 5.75 Å². The molecule has 2 aromatic rings. The molecule has 0 aliphatic carbocycles. The number of benzene rings is 2. The van der Waals surface area contributed by atoms with E-state index in [1.807, 2.05) is 13.0 Å². The summed E-state index contributed by atoms with van der Waals surface area (Å²) in [6.45, 7) is 1.90. The number of nitrogens with zero attached hydrogens (tertiary/aromatic N) is 1. The number of halogens is 1. The molecule has 1 aliphatic rings. The molecule has 118 valence electrons. The maximum atomic E-state index is 12.4. The Morgan fingerprint density at radius 1 is 1.26 bits per heavy atom. The van der Waals surface area contributed by atoms with Crippen molar-refractivity contribution in [3.63, 3.8) is 0 Å². The van der Waals surface area contributed by atoms with Crippen LogP contribution in [0.3, 0.4) is 0 Å². The van der Waals surface area contributed by atoms with Gasteiger partial charge in [0, 0.05) is 23.3 Å². The lowest BCUT2D eigenvalue weighted by atomic mass is 10.1. The van der Waals surface area contributed by atoms with E-state index in [9.17, 15) is 9.59 Å².